The first kappa shape index (κ1) is 16.1. The molecule has 3 aromatic rings. The number of alkyl halides is 3. The van der Waals surface area contributed by atoms with Crippen LogP contribution in [0.2, 0.25) is 0 Å². The molecule has 1 heterocycles. The summed E-state index contributed by atoms with van der Waals surface area (Å²) in [5.74, 6) is -0.196. The molecule has 0 N–H and O–H groups in total. The van der Waals surface area contributed by atoms with Crippen LogP contribution in [0.5, 0.6) is 5.75 Å². The highest BCUT2D eigenvalue weighted by Crippen LogP contribution is 2.40. The van der Waals surface area contributed by atoms with E-state index in [1.165, 1.54) is 33.1 Å². The van der Waals surface area contributed by atoms with Crippen molar-refractivity contribution in [3.05, 3.63) is 83.9 Å². The average Bonchev–Trinajstić information content (AvgIpc) is 2.59. The fourth-order valence-electron chi connectivity index (χ4n) is 3.05. The molecular weight excluding hydrogens is 345 g/mol. The van der Waals surface area contributed by atoms with Crippen molar-refractivity contribution in [2.24, 2.45) is 0 Å². The number of hydrogen-bond acceptors (Lipinski definition) is 1. The van der Waals surface area contributed by atoms with Gasteiger partial charge in [-0.3, -0.25) is 0 Å². The molecule has 0 amide bonds. The van der Waals surface area contributed by atoms with Gasteiger partial charge >= 0.3 is 6.36 Å². The predicted octanol–water partition coefficient (Wildman–Crippen LogP) is 5.58. The summed E-state index contributed by atoms with van der Waals surface area (Å²) < 4.78 is 41.1. The van der Waals surface area contributed by atoms with Crippen molar-refractivity contribution in [2.75, 3.05) is 0 Å². The Morgan fingerprint density at radius 3 is 1.76 bits per heavy atom. The molecule has 0 fully saturated rings. The van der Waals surface area contributed by atoms with Crippen LogP contribution in [0.1, 0.15) is 11.1 Å². The summed E-state index contributed by atoms with van der Waals surface area (Å²) in [5, 5.41) is 0. The number of ether oxygens (including phenoxy) is 1. The van der Waals surface area contributed by atoms with Gasteiger partial charge in [-0.1, -0.05) is 36.4 Å². The Balaban J connectivity index is 1.77. The van der Waals surface area contributed by atoms with E-state index in [4.69, 9.17) is 0 Å². The summed E-state index contributed by atoms with van der Waals surface area (Å²) in [7, 11) is -0.326. The molecule has 25 heavy (non-hydrogen) atoms. The molecule has 0 aromatic heterocycles. The third kappa shape index (κ3) is 3.24. The molecule has 1 aliphatic heterocycles. The summed E-state index contributed by atoms with van der Waals surface area (Å²) in [6.45, 7) is 0. The van der Waals surface area contributed by atoms with E-state index in [1.54, 1.807) is 12.1 Å². The molecule has 0 saturated heterocycles. The largest absolute Gasteiger partial charge is 0.573 e. The molecule has 0 radical (unpaired) electrons. The maximum absolute atomic E-state index is 12.4. The second-order valence-corrected chi connectivity index (χ2v) is 7.68. The fourth-order valence-corrected chi connectivity index (χ4v) is 5.44. The van der Waals surface area contributed by atoms with Crippen LogP contribution in [0.25, 0.3) is 0 Å². The Morgan fingerprint density at radius 1 is 0.720 bits per heavy atom. The second-order valence-electron chi connectivity index (χ2n) is 5.72. The summed E-state index contributed by atoms with van der Waals surface area (Å²) in [6, 6.07) is 22.7. The molecule has 0 spiro atoms. The summed E-state index contributed by atoms with van der Waals surface area (Å²) in [4.78, 5) is 3.44. The van der Waals surface area contributed by atoms with Crippen molar-refractivity contribution >= 4 is 10.9 Å². The Morgan fingerprint density at radius 2 is 1.24 bits per heavy atom. The summed E-state index contributed by atoms with van der Waals surface area (Å²) in [6.07, 6.45) is -3.79. The van der Waals surface area contributed by atoms with Crippen LogP contribution in [0.15, 0.2) is 87.5 Å². The van der Waals surface area contributed by atoms with Crippen molar-refractivity contribution < 1.29 is 17.9 Å². The van der Waals surface area contributed by atoms with Crippen LogP contribution < -0.4 is 4.74 Å². The van der Waals surface area contributed by atoms with Crippen molar-refractivity contribution in [3.8, 4) is 5.75 Å². The van der Waals surface area contributed by atoms with Crippen molar-refractivity contribution in [3.63, 3.8) is 0 Å². The van der Waals surface area contributed by atoms with Gasteiger partial charge in [0, 0.05) is 17.5 Å². The van der Waals surface area contributed by atoms with Gasteiger partial charge in [-0.15, -0.1) is 13.2 Å². The zero-order valence-corrected chi connectivity index (χ0v) is 13.9. The number of fused-ring (bicyclic) bond motifs is 2. The second kappa shape index (κ2) is 6.15. The van der Waals surface area contributed by atoms with E-state index < -0.39 is 6.36 Å². The molecule has 3 aromatic carbocycles. The quantitative estimate of drug-likeness (QED) is 0.424. The topological polar surface area (TPSA) is 9.23 Å². The van der Waals surface area contributed by atoms with E-state index >= 15 is 0 Å². The minimum atomic E-state index is -4.67. The van der Waals surface area contributed by atoms with Crippen LogP contribution >= 0.6 is 0 Å². The van der Waals surface area contributed by atoms with Crippen molar-refractivity contribution in [1.82, 2.24) is 0 Å². The summed E-state index contributed by atoms with van der Waals surface area (Å²) in [5.41, 5.74) is 2.53. The highest BCUT2D eigenvalue weighted by atomic mass is 32.2. The highest BCUT2D eigenvalue weighted by molar-refractivity contribution is 7.97. The molecule has 0 saturated carbocycles. The van der Waals surface area contributed by atoms with E-state index in [2.05, 4.69) is 29.0 Å². The van der Waals surface area contributed by atoms with Gasteiger partial charge in [-0.05, 0) is 36.4 Å². The molecule has 0 unspecified atom stereocenters. The van der Waals surface area contributed by atoms with Crippen molar-refractivity contribution in [1.29, 1.82) is 0 Å². The number of hydrogen-bond donors (Lipinski definition) is 0. The van der Waals surface area contributed by atoms with Gasteiger partial charge < -0.3 is 4.74 Å². The Bertz CT molecular complexity index is 858. The molecule has 0 atom stereocenters. The number of rotatable bonds is 2. The van der Waals surface area contributed by atoms with Gasteiger partial charge in [0.2, 0.25) is 0 Å². The van der Waals surface area contributed by atoms with Gasteiger partial charge in [0.05, 0.1) is 10.9 Å². The maximum atomic E-state index is 12.4. The van der Waals surface area contributed by atoms with Gasteiger partial charge in [0.25, 0.3) is 0 Å². The smallest absolute Gasteiger partial charge is 0.406 e. The first-order valence-corrected chi connectivity index (χ1v) is 9.00. The molecule has 1 aliphatic rings. The number of halogens is 3. The van der Waals surface area contributed by atoms with Gasteiger partial charge in [0.1, 0.15) is 5.75 Å². The van der Waals surface area contributed by atoms with E-state index in [9.17, 15) is 13.2 Å². The lowest BCUT2D eigenvalue weighted by molar-refractivity contribution is -0.274. The maximum Gasteiger partial charge on any atom is 0.573 e. The minimum absolute atomic E-state index is 0.196. The van der Waals surface area contributed by atoms with E-state index in [1.807, 2.05) is 24.3 Å². The highest BCUT2D eigenvalue weighted by Gasteiger charge is 2.37. The Labute approximate surface area is 146 Å². The van der Waals surface area contributed by atoms with Gasteiger partial charge in [-0.2, -0.15) is 0 Å². The van der Waals surface area contributed by atoms with Crippen LogP contribution in [0, 0.1) is 0 Å². The Kier molecular flexibility index (Phi) is 3.96. The molecular formula is C20H14F3OS+. The molecule has 0 aliphatic carbocycles. The van der Waals surface area contributed by atoms with E-state index in [-0.39, 0.29) is 16.6 Å². The van der Waals surface area contributed by atoms with Gasteiger partial charge in [-0.25, -0.2) is 0 Å². The fraction of sp³-hybridized carbons (Fsp3) is 0.100. The first-order valence-electron chi connectivity index (χ1n) is 7.77. The molecule has 4 rings (SSSR count). The standard InChI is InChI=1S/C20H14F3OS/c21-20(22,23)24-16-9-11-17(12-10-16)25-18-7-3-1-5-14(18)13-15-6-2-4-8-19(15)25/h1-12H,13H2/q+1. The lowest BCUT2D eigenvalue weighted by Crippen LogP contribution is -2.17. The SMILES string of the molecule is FC(F)(F)Oc1ccc([S+]2c3ccccc3Cc3ccccc32)cc1. The average molecular weight is 359 g/mol. The van der Waals surface area contributed by atoms with Crippen molar-refractivity contribution in [2.45, 2.75) is 27.5 Å². The third-order valence-electron chi connectivity index (χ3n) is 4.06. The predicted molar refractivity (Wildman–Crippen MR) is 91.0 cm³/mol. The lowest BCUT2D eigenvalue weighted by atomic mass is 10.0. The van der Waals surface area contributed by atoms with E-state index in [0.717, 1.165) is 11.3 Å². The summed E-state index contributed by atoms with van der Waals surface area (Å²) >= 11 is 0. The molecule has 126 valence electrons. The van der Waals surface area contributed by atoms with Crippen LogP contribution in [-0.4, -0.2) is 6.36 Å². The van der Waals surface area contributed by atoms with Crippen LogP contribution in [-0.2, 0) is 17.3 Å². The van der Waals surface area contributed by atoms with E-state index in [0.29, 0.717) is 0 Å². The lowest BCUT2D eigenvalue weighted by Gasteiger charge is -2.19. The first-order chi connectivity index (χ1) is 12.0. The number of benzene rings is 3. The van der Waals surface area contributed by atoms with Gasteiger partial charge in [0.15, 0.2) is 14.7 Å². The zero-order chi connectivity index (χ0) is 17.4. The van der Waals surface area contributed by atoms with Crippen LogP contribution in [0.4, 0.5) is 13.2 Å². The molecule has 1 nitrogen and oxygen atoms in total. The molecule has 5 heteroatoms. The Hall–Kier alpha value is -2.40. The molecule has 0 bridgehead atoms. The normalized spacial score (nSPS) is 13.9. The zero-order valence-electron chi connectivity index (χ0n) is 13.1. The third-order valence-corrected chi connectivity index (χ3v) is 6.48. The monoisotopic (exact) mass is 359 g/mol. The van der Waals surface area contributed by atoms with Crippen LogP contribution in [0.3, 0.4) is 0 Å². The minimum Gasteiger partial charge on any atom is -0.406 e.